The van der Waals surface area contributed by atoms with E-state index in [2.05, 4.69) is 56.6 Å². The number of hydrogen-bond donors (Lipinski definition) is 0. The number of pyridine rings is 4. The van der Waals surface area contributed by atoms with E-state index >= 15 is 0 Å². The van der Waals surface area contributed by atoms with Gasteiger partial charge in [0.2, 0.25) is 0 Å². The van der Waals surface area contributed by atoms with Crippen LogP contribution < -0.4 is 0 Å². The highest BCUT2D eigenvalue weighted by molar-refractivity contribution is 6.10. The Kier molecular flexibility index (Phi) is 4.42. The van der Waals surface area contributed by atoms with Crippen molar-refractivity contribution in [2.24, 2.45) is 10.2 Å². The van der Waals surface area contributed by atoms with Gasteiger partial charge in [0.15, 0.2) is 0 Å². The summed E-state index contributed by atoms with van der Waals surface area (Å²) in [5, 5.41) is 15.4. The zero-order valence-electron chi connectivity index (χ0n) is 20.1. The second-order valence-electron chi connectivity index (χ2n) is 9.29. The minimum absolute atomic E-state index is 0.738. The van der Waals surface area contributed by atoms with Crippen molar-refractivity contribution in [2.75, 3.05) is 0 Å². The summed E-state index contributed by atoms with van der Waals surface area (Å²) in [6.45, 7) is 0. The molecule has 0 saturated carbocycles. The van der Waals surface area contributed by atoms with Crippen molar-refractivity contribution < 1.29 is 0 Å². The fourth-order valence-electron chi connectivity index (χ4n) is 5.16. The molecule has 0 aliphatic heterocycles. The number of para-hydroxylation sites is 2. The molecule has 176 valence electrons. The van der Waals surface area contributed by atoms with E-state index < -0.39 is 0 Å². The fourth-order valence-corrected chi connectivity index (χ4v) is 5.16. The van der Waals surface area contributed by atoms with Crippen molar-refractivity contribution in [3.05, 3.63) is 109 Å². The van der Waals surface area contributed by atoms with Crippen molar-refractivity contribution in [1.82, 2.24) is 19.9 Å². The maximum absolute atomic E-state index is 4.91. The summed E-state index contributed by atoms with van der Waals surface area (Å²) in [5.41, 5.74) is 6.70. The van der Waals surface area contributed by atoms with Crippen molar-refractivity contribution >= 4 is 76.8 Å². The van der Waals surface area contributed by atoms with E-state index in [-0.39, 0.29) is 0 Å². The van der Waals surface area contributed by atoms with E-state index in [0.29, 0.717) is 0 Å². The van der Waals surface area contributed by atoms with Crippen LogP contribution in [0.3, 0.4) is 0 Å². The summed E-state index contributed by atoms with van der Waals surface area (Å²) in [7, 11) is 0. The van der Waals surface area contributed by atoms with E-state index in [1.165, 1.54) is 0 Å². The van der Waals surface area contributed by atoms with Gasteiger partial charge >= 0.3 is 0 Å². The second kappa shape index (κ2) is 8.08. The van der Waals surface area contributed by atoms with Crippen molar-refractivity contribution in [1.29, 1.82) is 0 Å². The van der Waals surface area contributed by atoms with Crippen LogP contribution in [0, 0.1) is 0 Å². The van der Waals surface area contributed by atoms with E-state index in [4.69, 9.17) is 9.97 Å². The molecule has 0 aliphatic rings. The molecule has 0 atom stereocenters. The van der Waals surface area contributed by atoms with Gasteiger partial charge in [-0.3, -0.25) is 9.97 Å². The summed E-state index contributed by atoms with van der Waals surface area (Å²) in [5.74, 6) is 0. The van der Waals surface area contributed by atoms with Gasteiger partial charge in [0.1, 0.15) is 0 Å². The lowest BCUT2D eigenvalue weighted by molar-refractivity contribution is 1.23. The molecule has 4 aromatic heterocycles. The molecular weight excluding hydrogens is 468 g/mol. The Morgan fingerprint density at radius 2 is 0.895 bits per heavy atom. The molecule has 0 aliphatic carbocycles. The van der Waals surface area contributed by atoms with Crippen LogP contribution in [-0.4, -0.2) is 19.9 Å². The highest BCUT2D eigenvalue weighted by Gasteiger charge is 2.11. The van der Waals surface area contributed by atoms with Crippen LogP contribution in [0.25, 0.3) is 65.4 Å². The molecule has 0 fully saturated rings. The van der Waals surface area contributed by atoms with E-state index in [0.717, 1.165) is 76.8 Å². The maximum Gasteiger partial charge on any atom is 0.0987 e. The zero-order valence-corrected chi connectivity index (χ0v) is 20.1. The molecule has 0 saturated heterocycles. The third-order valence-electron chi connectivity index (χ3n) is 7.01. The number of benzene rings is 4. The lowest BCUT2D eigenvalue weighted by Crippen LogP contribution is -1.87. The summed E-state index contributed by atoms with van der Waals surface area (Å²) < 4.78 is 0. The van der Waals surface area contributed by atoms with Crippen LogP contribution in [0.15, 0.2) is 120 Å². The molecule has 0 amide bonds. The predicted molar refractivity (Wildman–Crippen MR) is 153 cm³/mol. The number of aromatic nitrogens is 4. The lowest BCUT2D eigenvalue weighted by Gasteiger charge is -2.07. The topological polar surface area (TPSA) is 76.3 Å². The smallest absolute Gasteiger partial charge is 0.0987 e. The van der Waals surface area contributed by atoms with Crippen molar-refractivity contribution in [2.45, 2.75) is 0 Å². The third-order valence-corrected chi connectivity index (χ3v) is 7.01. The molecule has 0 bridgehead atoms. The first-order valence-corrected chi connectivity index (χ1v) is 12.4. The molecule has 6 heteroatoms. The highest BCUT2D eigenvalue weighted by atomic mass is 15.1. The third kappa shape index (κ3) is 3.21. The first-order chi connectivity index (χ1) is 18.8. The molecule has 0 N–H and O–H groups in total. The van der Waals surface area contributed by atoms with Gasteiger partial charge in [0, 0.05) is 44.7 Å². The molecule has 4 heterocycles. The highest BCUT2D eigenvalue weighted by Crippen LogP contribution is 2.34. The van der Waals surface area contributed by atoms with Crippen LogP contribution in [0.1, 0.15) is 0 Å². The first kappa shape index (κ1) is 20.8. The second-order valence-corrected chi connectivity index (χ2v) is 9.29. The number of hydrogen-bond acceptors (Lipinski definition) is 6. The summed E-state index contributed by atoms with van der Waals surface area (Å²) >= 11 is 0. The summed E-state index contributed by atoms with van der Waals surface area (Å²) in [4.78, 5) is 19.1. The number of nitrogens with zero attached hydrogens (tertiary/aromatic N) is 6. The van der Waals surface area contributed by atoms with Gasteiger partial charge in [0.05, 0.1) is 44.5 Å². The molecule has 0 spiro atoms. The van der Waals surface area contributed by atoms with Gasteiger partial charge < -0.3 is 0 Å². The molecule has 8 aromatic rings. The fraction of sp³-hybridized carbons (Fsp3) is 0. The Labute approximate surface area is 216 Å². The summed E-state index contributed by atoms with van der Waals surface area (Å²) in [6.07, 6.45) is 3.53. The molecular formula is C32H18N6. The van der Waals surface area contributed by atoms with Crippen LogP contribution in [0.5, 0.6) is 0 Å². The van der Waals surface area contributed by atoms with Gasteiger partial charge in [0.25, 0.3) is 0 Å². The predicted octanol–water partition coefficient (Wildman–Crippen LogP) is 8.60. The first-order valence-electron chi connectivity index (χ1n) is 12.4. The van der Waals surface area contributed by atoms with Crippen LogP contribution in [0.2, 0.25) is 0 Å². The number of azo groups is 1. The van der Waals surface area contributed by atoms with E-state index in [1.807, 2.05) is 60.7 Å². The van der Waals surface area contributed by atoms with E-state index in [9.17, 15) is 0 Å². The molecule has 6 nitrogen and oxygen atoms in total. The van der Waals surface area contributed by atoms with Crippen LogP contribution in [0.4, 0.5) is 11.4 Å². The normalized spacial score (nSPS) is 12.1. The molecule has 4 aromatic carbocycles. The van der Waals surface area contributed by atoms with Gasteiger partial charge in [-0.25, -0.2) is 9.97 Å². The molecule has 8 rings (SSSR count). The molecule has 0 unspecified atom stereocenters. The van der Waals surface area contributed by atoms with Crippen molar-refractivity contribution in [3.63, 3.8) is 0 Å². The van der Waals surface area contributed by atoms with Crippen molar-refractivity contribution in [3.8, 4) is 0 Å². The number of rotatable bonds is 2. The maximum atomic E-state index is 4.91. The van der Waals surface area contributed by atoms with E-state index in [1.54, 1.807) is 12.4 Å². The Balaban J connectivity index is 1.28. The molecule has 38 heavy (non-hydrogen) atoms. The standard InChI is InChI=1S/C32H18N6/c1-3-7-25-19(5-1)17-21-9-11-23-27(13-15-33-31(23)29(21)35-25)37-38-28-14-16-34-32-24(28)12-10-22-18-20-6-2-4-8-26(20)36-30(22)32/h1-18H. The Hall–Kier alpha value is -5.36. The van der Waals surface area contributed by atoms with Gasteiger partial charge in [-0.1, -0.05) is 48.5 Å². The average Bonchev–Trinajstić information content (AvgIpc) is 2.97. The van der Waals surface area contributed by atoms with Crippen LogP contribution >= 0.6 is 0 Å². The lowest BCUT2D eigenvalue weighted by atomic mass is 10.1. The Bertz CT molecular complexity index is 2090. The quantitative estimate of drug-likeness (QED) is 0.139. The van der Waals surface area contributed by atoms with Gasteiger partial charge in [-0.2, -0.15) is 0 Å². The van der Waals surface area contributed by atoms with Gasteiger partial charge in [-0.05, 0) is 48.5 Å². The molecule has 0 radical (unpaired) electrons. The van der Waals surface area contributed by atoms with Crippen LogP contribution in [-0.2, 0) is 0 Å². The summed E-state index contributed by atoms with van der Waals surface area (Å²) in [6, 6.07) is 32.5. The Morgan fingerprint density at radius 3 is 1.39 bits per heavy atom. The minimum Gasteiger partial charge on any atom is -0.254 e. The SMILES string of the molecule is c1ccc2nc3c(ccc4c(N=Nc5ccnc6c5ccc5cc7ccccc7nc56)ccnc43)cc2c1. The Morgan fingerprint density at radius 1 is 0.421 bits per heavy atom. The average molecular weight is 487 g/mol. The zero-order chi connectivity index (χ0) is 25.1. The minimum atomic E-state index is 0.738. The largest absolute Gasteiger partial charge is 0.254 e. The number of fused-ring (bicyclic) bond motifs is 8. The van der Waals surface area contributed by atoms with Gasteiger partial charge in [-0.15, -0.1) is 10.2 Å². The monoisotopic (exact) mass is 486 g/mol.